The molecule has 0 bridgehead atoms. The van der Waals surface area contributed by atoms with Crippen molar-refractivity contribution >= 4 is 0 Å². The highest BCUT2D eigenvalue weighted by Gasteiger charge is 2.58. The topological polar surface area (TPSA) is 34.2 Å². The summed E-state index contributed by atoms with van der Waals surface area (Å²) >= 11 is 0. The van der Waals surface area contributed by atoms with E-state index in [0.717, 1.165) is 32.4 Å². The van der Waals surface area contributed by atoms with Gasteiger partial charge in [0.2, 0.25) is 0 Å². The number of methoxy groups -OCH3 is 1. The van der Waals surface area contributed by atoms with E-state index in [-0.39, 0.29) is 33.3 Å². The first kappa shape index (κ1) is 26.9. The Kier molecular flexibility index (Phi) is 8.12. The van der Waals surface area contributed by atoms with E-state index in [9.17, 15) is 0 Å². The minimum Gasteiger partial charge on any atom is -0.379 e. The van der Waals surface area contributed by atoms with E-state index in [1.807, 2.05) is 0 Å². The highest BCUT2D eigenvalue weighted by Crippen LogP contribution is 2.47. The van der Waals surface area contributed by atoms with E-state index in [1.165, 1.54) is 0 Å². The van der Waals surface area contributed by atoms with Crippen LogP contribution in [-0.4, -0.2) is 54.2 Å². The molecule has 4 heteroatoms. The van der Waals surface area contributed by atoms with Gasteiger partial charge in [-0.1, -0.05) is 41.5 Å². The summed E-state index contributed by atoms with van der Waals surface area (Å²) < 4.78 is 18.1. The van der Waals surface area contributed by atoms with Gasteiger partial charge in [0, 0.05) is 25.6 Å². The molecule has 1 heterocycles. The van der Waals surface area contributed by atoms with E-state index >= 15 is 0 Å². The second kappa shape index (κ2) is 8.76. The fourth-order valence-corrected chi connectivity index (χ4v) is 4.61. The number of epoxide rings is 1. The molecule has 1 unspecified atom stereocenters. The smallest absolute Gasteiger partial charge is 0.148 e. The van der Waals surface area contributed by atoms with Crippen molar-refractivity contribution in [1.82, 2.24) is 4.90 Å². The van der Waals surface area contributed by atoms with Crippen LogP contribution in [0.1, 0.15) is 102 Å². The Labute approximate surface area is 182 Å². The van der Waals surface area contributed by atoms with Crippen LogP contribution in [0, 0.1) is 10.8 Å². The van der Waals surface area contributed by atoms with E-state index in [2.05, 4.69) is 88.0 Å². The molecule has 0 aliphatic carbocycles. The molecule has 1 fully saturated rings. The zero-order chi connectivity index (χ0) is 22.9. The number of hydrogen-bond acceptors (Lipinski definition) is 4. The van der Waals surface area contributed by atoms with Gasteiger partial charge in [0.15, 0.2) is 0 Å². The average Bonchev–Trinajstić information content (AvgIpc) is 3.20. The molecule has 1 rings (SSSR count). The third-order valence-corrected chi connectivity index (χ3v) is 5.75. The molecule has 0 radical (unpaired) electrons. The molecule has 1 aliphatic rings. The molecule has 0 saturated carbocycles. The molecular weight excluding hydrogens is 362 g/mol. The molecule has 0 spiro atoms. The fourth-order valence-electron chi connectivity index (χ4n) is 4.61. The molecule has 1 aliphatic heterocycles. The third kappa shape index (κ3) is 9.25. The summed E-state index contributed by atoms with van der Waals surface area (Å²) in [6.07, 6.45) is 2.86. The van der Waals surface area contributed by atoms with Gasteiger partial charge in [-0.3, -0.25) is 4.90 Å². The van der Waals surface area contributed by atoms with Crippen LogP contribution < -0.4 is 0 Å². The lowest BCUT2D eigenvalue weighted by atomic mass is 9.78. The van der Waals surface area contributed by atoms with Crippen molar-refractivity contribution in [2.24, 2.45) is 10.8 Å². The van der Waals surface area contributed by atoms with Crippen molar-refractivity contribution in [2.45, 2.75) is 125 Å². The van der Waals surface area contributed by atoms with Crippen LogP contribution in [-0.2, 0) is 14.2 Å². The third-order valence-electron chi connectivity index (χ3n) is 5.75. The first-order valence-electron chi connectivity index (χ1n) is 11.3. The van der Waals surface area contributed by atoms with Crippen molar-refractivity contribution in [3.63, 3.8) is 0 Å². The lowest BCUT2D eigenvalue weighted by molar-refractivity contribution is -0.110. The fraction of sp³-hybridized carbons (Fsp3) is 1.00. The van der Waals surface area contributed by atoms with Crippen molar-refractivity contribution in [3.8, 4) is 0 Å². The van der Waals surface area contributed by atoms with Gasteiger partial charge in [0.1, 0.15) is 5.72 Å². The molecule has 0 aromatic heterocycles. The van der Waals surface area contributed by atoms with Gasteiger partial charge in [0.05, 0.1) is 24.4 Å². The molecule has 0 N–H and O–H groups in total. The molecule has 29 heavy (non-hydrogen) atoms. The van der Waals surface area contributed by atoms with Gasteiger partial charge in [-0.2, -0.15) is 0 Å². The lowest BCUT2D eigenvalue weighted by Crippen LogP contribution is -2.58. The van der Waals surface area contributed by atoms with Gasteiger partial charge in [0.25, 0.3) is 0 Å². The van der Waals surface area contributed by atoms with Gasteiger partial charge >= 0.3 is 0 Å². The number of hydrogen-bond donors (Lipinski definition) is 0. The van der Waals surface area contributed by atoms with Crippen LogP contribution in [0.25, 0.3) is 0 Å². The SMILES string of the molecule is COC(C)(C)CCOC(C)(C)CC1(N(CC(C)(C)C)C(C)(C)CC(C)(C)C)CO1. The summed E-state index contributed by atoms with van der Waals surface area (Å²) in [7, 11) is 1.76. The Morgan fingerprint density at radius 3 is 1.72 bits per heavy atom. The van der Waals surface area contributed by atoms with Gasteiger partial charge in [-0.15, -0.1) is 0 Å². The maximum Gasteiger partial charge on any atom is 0.148 e. The predicted molar refractivity (Wildman–Crippen MR) is 123 cm³/mol. The summed E-state index contributed by atoms with van der Waals surface area (Å²) in [6, 6.07) is 0. The molecule has 0 aromatic carbocycles. The average molecular weight is 414 g/mol. The standard InChI is InChI=1S/C25H51NO3/c1-20(2,3)16-22(7,8)26(18-21(4,5)6)25(19-29-25)17-24(11,12)28-15-14-23(9,10)27-13/h14-19H2,1-13H3. The number of nitrogens with zero attached hydrogens (tertiary/aromatic N) is 1. The van der Waals surface area contributed by atoms with E-state index in [1.54, 1.807) is 7.11 Å². The number of ether oxygens (including phenoxy) is 3. The van der Waals surface area contributed by atoms with Gasteiger partial charge in [-0.25, -0.2) is 0 Å². The quantitative estimate of drug-likeness (QED) is 0.373. The normalized spacial score (nSPS) is 21.7. The second-order valence-electron chi connectivity index (χ2n) is 13.4. The summed E-state index contributed by atoms with van der Waals surface area (Å²) in [4.78, 5) is 2.63. The molecule has 4 nitrogen and oxygen atoms in total. The Morgan fingerprint density at radius 1 is 0.828 bits per heavy atom. The molecule has 0 aromatic rings. The Morgan fingerprint density at radius 2 is 1.34 bits per heavy atom. The Bertz CT molecular complexity index is 519. The minimum absolute atomic E-state index is 0.0378. The van der Waals surface area contributed by atoms with Crippen LogP contribution in [0.5, 0.6) is 0 Å². The van der Waals surface area contributed by atoms with Crippen molar-refractivity contribution < 1.29 is 14.2 Å². The van der Waals surface area contributed by atoms with Crippen LogP contribution in [0.15, 0.2) is 0 Å². The van der Waals surface area contributed by atoms with Crippen LogP contribution in [0.4, 0.5) is 0 Å². The predicted octanol–water partition coefficient (Wildman–Crippen LogP) is 6.28. The van der Waals surface area contributed by atoms with Crippen molar-refractivity contribution in [2.75, 3.05) is 26.9 Å². The van der Waals surface area contributed by atoms with Crippen LogP contribution in [0.2, 0.25) is 0 Å². The maximum absolute atomic E-state index is 6.35. The molecule has 0 amide bonds. The summed E-state index contributed by atoms with van der Waals surface area (Å²) in [6.45, 7) is 29.8. The molecular formula is C25H51NO3. The summed E-state index contributed by atoms with van der Waals surface area (Å²) in [5.74, 6) is 0. The minimum atomic E-state index is -0.256. The maximum atomic E-state index is 6.35. The molecule has 1 atom stereocenters. The van der Waals surface area contributed by atoms with Crippen molar-refractivity contribution in [3.05, 3.63) is 0 Å². The zero-order valence-electron chi connectivity index (χ0n) is 21.9. The van der Waals surface area contributed by atoms with E-state index < -0.39 is 0 Å². The Hall–Kier alpha value is -0.160. The molecule has 174 valence electrons. The van der Waals surface area contributed by atoms with Crippen molar-refractivity contribution in [1.29, 1.82) is 0 Å². The van der Waals surface area contributed by atoms with Crippen LogP contribution in [0.3, 0.4) is 0 Å². The number of rotatable bonds is 11. The van der Waals surface area contributed by atoms with E-state index in [0.29, 0.717) is 6.61 Å². The first-order valence-corrected chi connectivity index (χ1v) is 11.3. The first-order chi connectivity index (χ1) is 12.7. The van der Waals surface area contributed by atoms with Gasteiger partial charge < -0.3 is 14.2 Å². The highest BCUT2D eigenvalue weighted by atomic mass is 16.6. The van der Waals surface area contributed by atoms with E-state index in [4.69, 9.17) is 14.2 Å². The summed E-state index contributed by atoms with van der Waals surface area (Å²) in [5, 5.41) is 0. The monoisotopic (exact) mass is 413 g/mol. The van der Waals surface area contributed by atoms with Crippen LogP contribution >= 0.6 is 0 Å². The Balaban J connectivity index is 2.97. The molecule has 1 saturated heterocycles. The lowest BCUT2D eigenvalue weighted by Gasteiger charge is -2.49. The zero-order valence-corrected chi connectivity index (χ0v) is 21.9. The second-order valence-corrected chi connectivity index (χ2v) is 13.4. The largest absolute Gasteiger partial charge is 0.379 e. The summed E-state index contributed by atoms with van der Waals surface area (Å²) in [5.41, 5.74) is -0.154. The van der Waals surface area contributed by atoms with Gasteiger partial charge in [-0.05, 0) is 65.2 Å². The highest BCUT2D eigenvalue weighted by molar-refractivity contribution is 5.04.